The fourth-order valence-corrected chi connectivity index (χ4v) is 4.44. The molecule has 1 unspecified atom stereocenters. The van der Waals surface area contributed by atoms with Crippen molar-refractivity contribution in [3.8, 4) is 0 Å². The van der Waals surface area contributed by atoms with Gasteiger partial charge in [-0.15, -0.1) is 0 Å². The molecule has 3 amide bonds. The molecule has 3 aliphatic rings. The Kier molecular flexibility index (Phi) is 6.19. The van der Waals surface area contributed by atoms with Crippen molar-refractivity contribution in [3.05, 3.63) is 48.2 Å². The maximum absolute atomic E-state index is 12.3. The van der Waals surface area contributed by atoms with Crippen LogP contribution in [0.1, 0.15) is 39.2 Å². The molecule has 2 fully saturated rings. The number of benzene rings is 1. The lowest BCUT2D eigenvalue weighted by Crippen LogP contribution is -2.51. The molecule has 176 valence electrons. The second-order valence-electron chi connectivity index (χ2n) is 9.76. The third-order valence-electron chi connectivity index (χ3n) is 6.17. The monoisotopic (exact) mass is 452 g/mol. The molecule has 1 aromatic rings. The number of anilines is 1. The summed E-state index contributed by atoms with van der Waals surface area (Å²) < 4.78 is 5.47. The molecule has 0 bridgehead atoms. The number of allylic oxidation sites excluding steroid dienone is 1. The highest BCUT2D eigenvalue weighted by Crippen LogP contribution is 2.31. The minimum Gasteiger partial charge on any atom is -0.444 e. The van der Waals surface area contributed by atoms with Gasteiger partial charge < -0.3 is 19.4 Å². The lowest BCUT2D eigenvalue weighted by Gasteiger charge is -2.36. The Morgan fingerprint density at radius 2 is 1.76 bits per heavy atom. The molecule has 4 rings (SSSR count). The van der Waals surface area contributed by atoms with Crippen LogP contribution < -0.4 is 10.2 Å². The van der Waals surface area contributed by atoms with E-state index >= 15 is 0 Å². The van der Waals surface area contributed by atoms with Gasteiger partial charge in [0.15, 0.2) is 0 Å². The lowest BCUT2D eigenvalue weighted by atomic mass is 10.0. The molecule has 0 aromatic heterocycles. The predicted molar refractivity (Wildman–Crippen MR) is 126 cm³/mol. The van der Waals surface area contributed by atoms with Crippen LogP contribution in [0, 0.1) is 0 Å². The molecule has 3 heterocycles. The van der Waals surface area contributed by atoms with Gasteiger partial charge in [-0.1, -0.05) is 18.7 Å². The number of nitrogens with zero attached hydrogens (tertiary/aromatic N) is 3. The summed E-state index contributed by atoms with van der Waals surface area (Å²) in [4.78, 5) is 42.0. The first-order valence-corrected chi connectivity index (χ1v) is 11.4. The topological polar surface area (TPSA) is 82.2 Å². The van der Waals surface area contributed by atoms with Crippen LogP contribution in [0.15, 0.2) is 42.6 Å². The average molecular weight is 453 g/mol. The van der Waals surface area contributed by atoms with Crippen LogP contribution in [0.3, 0.4) is 0 Å². The molecule has 0 spiro atoms. The van der Waals surface area contributed by atoms with Gasteiger partial charge in [0.1, 0.15) is 11.6 Å². The standard InChI is InChI=1S/C25H32N4O4/c1-17-15-19(16-29(17)21-9-10-22(30)26-23(21)31)18-5-7-20(8-6-18)27-11-13-28(14-12-27)24(32)33-25(2,3)4/h5-8,15,21H,1,9-14,16H2,2-4H3,(H,26,30,31). The molecule has 0 radical (unpaired) electrons. The van der Waals surface area contributed by atoms with Crippen LogP contribution in [0.25, 0.3) is 5.57 Å². The summed E-state index contributed by atoms with van der Waals surface area (Å²) in [6, 6.07) is 8.00. The van der Waals surface area contributed by atoms with Gasteiger partial charge >= 0.3 is 6.09 Å². The maximum atomic E-state index is 12.3. The molecule has 8 nitrogen and oxygen atoms in total. The average Bonchev–Trinajstić information content (AvgIpc) is 3.14. The van der Waals surface area contributed by atoms with Gasteiger partial charge in [0.2, 0.25) is 11.8 Å². The first kappa shape index (κ1) is 22.9. The second-order valence-corrected chi connectivity index (χ2v) is 9.76. The molecule has 1 N–H and O–H groups in total. The third-order valence-corrected chi connectivity index (χ3v) is 6.17. The van der Waals surface area contributed by atoms with Gasteiger partial charge in [-0.3, -0.25) is 14.9 Å². The van der Waals surface area contributed by atoms with E-state index in [2.05, 4.69) is 41.1 Å². The van der Waals surface area contributed by atoms with Crippen molar-refractivity contribution in [3.63, 3.8) is 0 Å². The highest BCUT2D eigenvalue weighted by molar-refractivity contribution is 6.00. The minimum atomic E-state index is -0.488. The number of carbonyl (C=O) groups excluding carboxylic acids is 3. The second kappa shape index (κ2) is 8.92. The quantitative estimate of drug-likeness (QED) is 0.711. The Morgan fingerprint density at radius 1 is 1.09 bits per heavy atom. The molecule has 33 heavy (non-hydrogen) atoms. The van der Waals surface area contributed by atoms with E-state index < -0.39 is 5.60 Å². The number of piperidine rings is 1. The first-order chi connectivity index (χ1) is 15.6. The fraction of sp³-hybridized carbons (Fsp3) is 0.480. The minimum absolute atomic E-state index is 0.211. The van der Waals surface area contributed by atoms with E-state index in [1.54, 1.807) is 4.90 Å². The van der Waals surface area contributed by atoms with Gasteiger partial charge in [0, 0.05) is 50.5 Å². The smallest absolute Gasteiger partial charge is 0.410 e. The summed E-state index contributed by atoms with van der Waals surface area (Å²) in [7, 11) is 0. The number of ether oxygens (including phenoxy) is 1. The predicted octanol–water partition coefficient (Wildman–Crippen LogP) is 2.76. The molecule has 0 aliphatic carbocycles. The highest BCUT2D eigenvalue weighted by atomic mass is 16.6. The number of rotatable bonds is 3. The van der Waals surface area contributed by atoms with Crippen LogP contribution in [0.5, 0.6) is 0 Å². The van der Waals surface area contributed by atoms with E-state index in [0.29, 0.717) is 32.5 Å². The van der Waals surface area contributed by atoms with Crippen LogP contribution in [0.4, 0.5) is 10.5 Å². The number of piperazine rings is 1. The highest BCUT2D eigenvalue weighted by Gasteiger charge is 2.34. The Balaban J connectivity index is 1.34. The Morgan fingerprint density at radius 3 is 2.36 bits per heavy atom. The van der Waals surface area contributed by atoms with Crippen molar-refractivity contribution in [2.45, 2.75) is 45.3 Å². The SMILES string of the molecule is C=C1C=C(c2ccc(N3CCN(C(=O)OC(C)(C)C)CC3)cc2)CN1C1CCC(=O)NC1=O. The van der Waals surface area contributed by atoms with Gasteiger partial charge in [-0.05, 0) is 56.5 Å². The number of amides is 3. The summed E-state index contributed by atoms with van der Waals surface area (Å²) in [6.07, 6.45) is 2.62. The molecule has 2 saturated heterocycles. The molecule has 1 atom stereocenters. The van der Waals surface area contributed by atoms with E-state index in [0.717, 1.165) is 35.6 Å². The summed E-state index contributed by atoms with van der Waals surface area (Å²) in [5.41, 5.74) is 3.61. The van der Waals surface area contributed by atoms with Crippen LogP contribution >= 0.6 is 0 Å². The third kappa shape index (κ3) is 5.21. The molecule has 3 aliphatic heterocycles. The van der Waals surface area contributed by atoms with Crippen LogP contribution in [-0.2, 0) is 14.3 Å². The fourth-order valence-electron chi connectivity index (χ4n) is 4.44. The summed E-state index contributed by atoms with van der Waals surface area (Å²) in [6.45, 7) is 13.1. The van der Waals surface area contributed by atoms with Crippen molar-refractivity contribution >= 4 is 29.2 Å². The Hall–Kier alpha value is -3.29. The van der Waals surface area contributed by atoms with Gasteiger partial charge in [-0.2, -0.15) is 0 Å². The van der Waals surface area contributed by atoms with E-state index in [1.165, 1.54) is 0 Å². The van der Waals surface area contributed by atoms with Crippen molar-refractivity contribution in [1.82, 2.24) is 15.1 Å². The van der Waals surface area contributed by atoms with Gasteiger partial charge in [0.05, 0.1) is 0 Å². The van der Waals surface area contributed by atoms with Crippen LogP contribution in [-0.4, -0.2) is 72.1 Å². The van der Waals surface area contributed by atoms with Gasteiger partial charge in [-0.25, -0.2) is 4.79 Å². The zero-order valence-electron chi connectivity index (χ0n) is 19.6. The van der Waals surface area contributed by atoms with E-state index in [9.17, 15) is 14.4 Å². The number of hydrogen-bond donors (Lipinski definition) is 1. The summed E-state index contributed by atoms with van der Waals surface area (Å²) in [5, 5.41) is 2.42. The summed E-state index contributed by atoms with van der Waals surface area (Å²) >= 11 is 0. The molecular weight excluding hydrogens is 420 g/mol. The van der Waals surface area contributed by atoms with Crippen molar-refractivity contribution in [2.75, 3.05) is 37.6 Å². The van der Waals surface area contributed by atoms with E-state index in [4.69, 9.17) is 4.74 Å². The Labute approximate surface area is 194 Å². The van der Waals surface area contributed by atoms with E-state index in [1.807, 2.05) is 31.7 Å². The first-order valence-electron chi connectivity index (χ1n) is 11.4. The number of hydrogen-bond acceptors (Lipinski definition) is 6. The lowest BCUT2D eigenvalue weighted by molar-refractivity contribution is -0.136. The van der Waals surface area contributed by atoms with E-state index in [-0.39, 0.29) is 23.9 Å². The largest absolute Gasteiger partial charge is 0.444 e. The normalized spacial score (nSPS) is 21.8. The van der Waals surface area contributed by atoms with Crippen molar-refractivity contribution in [2.24, 2.45) is 0 Å². The van der Waals surface area contributed by atoms with Gasteiger partial charge in [0.25, 0.3) is 0 Å². The van der Waals surface area contributed by atoms with Crippen LogP contribution in [0.2, 0.25) is 0 Å². The molecule has 1 aromatic carbocycles. The summed E-state index contributed by atoms with van der Waals surface area (Å²) in [5.74, 6) is -0.459. The maximum Gasteiger partial charge on any atom is 0.410 e. The Bertz CT molecular complexity index is 985. The molecule has 8 heteroatoms. The zero-order chi connectivity index (χ0) is 23.8. The molecule has 0 saturated carbocycles. The number of nitrogens with one attached hydrogen (secondary N) is 1. The zero-order valence-corrected chi connectivity index (χ0v) is 19.6. The van der Waals surface area contributed by atoms with Crippen molar-refractivity contribution < 1.29 is 19.1 Å². The molecular formula is C25H32N4O4. The van der Waals surface area contributed by atoms with Crippen molar-refractivity contribution in [1.29, 1.82) is 0 Å². The number of carbonyl (C=O) groups is 3. The number of imide groups is 1.